The van der Waals surface area contributed by atoms with E-state index < -0.39 is 16.1 Å². The lowest BCUT2D eigenvalue weighted by molar-refractivity contribution is -0.122. The Hall–Kier alpha value is -2.42. The number of anilines is 1. The summed E-state index contributed by atoms with van der Waals surface area (Å²) in [5.74, 6) is 0.404. The third kappa shape index (κ3) is 5.00. The summed E-state index contributed by atoms with van der Waals surface area (Å²) in [4.78, 5) is 14.9. The highest BCUT2D eigenvalue weighted by molar-refractivity contribution is 7.89. The molecule has 2 aromatic carbocycles. The fourth-order valence-electron chi connectivity index (χ4n) is 3.35. The number of piperazine rings is 1. The second-order valence-corrected chi connectivity index (χ2v) is 9.64. The Labute approximate surface area is 178 Å². The molecule has 2 aromatic rings. The summed E-state index contributed by atoms with van der Waals surface area (Å²) < 4.78 is 33.0. The Balaban J connectivity index is 1.64. The van der Waals surface area contributed by atoms with Crippen molar-refractivity contribution >= 4 is 21.6 Å². The van der Waals surface area contributed by atoms with Crippen LogP contribution in [-0.4, -0.2) is 62.9 Å². The van der Waals surface area contributed by atoms with Crippen LogP contribution in [-0.2, 0) is 14.8 Å². The molecule has 0 radical (unpaired) electrons. The summed E-state index contributed by atoms with van der Waals surface area (Å²) in [6, 6.07) is 12.1. The van der Waals surface area contributed by atoms with Crippen LogP contribution in [0, 0.1) is 13.8 Å². The van der Waals surface area contributed by atoms with Crippen molar-refractivity contribution in [3.63, 3.8) is 0 Å². The van der Waals surface area contributed by atoms with Crippen molar-refractivity contribution in [2.45, 2.75) is 31.8 Å². The minimum atomic E-state index is -3.53. The highest BCUT2D eigenvalue weighted by atomic mass is 32.2. The van der Waals surface area contributed by atoms with Gasteiger partial charge in [-0.2, -0.15) is 4.31 Å². The van der Waals surface area contributed by atoms with Crippen LogP contribution in [0.1, 0.15) is 18.1 Å². The first-order valence-electron chi connectivity index (χ1n) is 10.0. The largest absolute Gasteiger partial charge is 0.480 e. The topological polar surface area (TPSA) is 78.9 Å². The van der Waals surface area contributed by atoms with Gasteiger partial charge in [0.15, 0.2) is 6.10 Å². The molecule has 30 heavy (non-hydrogen) atoms. The smallest absolute Gasteiger partial charge is 0.265 e. The summed E-state index contributed by atoms with van der Waals surface area (Å²) in [5.41, 5.74) is 2.45. The molecule has 162 valence electrons. The third-order valence-corrected chi connectivity index (χ3v) is 7.21. The average molecular weight is 432 g/mol. The van der Waals surface area contributed by atoms with Crippen molar-refractivity contribution in [3.8, 4) is 5.75 Å². The van der Waals surface area contributed by atoms with E-state index in [0.717, 1.165) is 11.1 Å². The van der Waals surface area contributed by atoms with Gasteiger partial charge in [0.2, 0.25) is 10.0 Å². The van der Waals surface area contributed by atoms with E-state index in [2.05, 4.69) is 10.2 Å². The van der Waals surface area contributed by atoms with E-state index in [0.29, 0.717) is 37.6 Å². The second kappa shape index (κ2) is 9.16. The fraction of sp³-hybridized carbons (Fsp3) is 0.409. The predicted octanol–water partition coefficient (Wildman–Crippen LogP) is 2.65. The predicted molar refractivity (Wildman–Crippen MR) is 117 cm³/mol. The summed E-state index contributed by atoms with van der Waals surface area (Å²) in [5, 5.41) is 2.79. The number of nitrogens with one attached hydrogen (secondary N) is 1. The number of carbonyl (C=O) groups excluding carboxylic acids is 1. The van der Waals surface area contributed by atoms with Gasteiger partial charge in [0.05, 0.1) is 4.90 Å². The molecule has 1 atom stereocenters. The van der Waals surface area contributed by atoms with Crippen molar-refractivity contribution in [2.75, 3.05) is 38.5 Å². The molecule has 1 fully saturated rings. The molecule has 3 rings (SSSR count). The number of hydrogen-bond donors (Lipinski definition) is 1. The molecule has 1 N–H and O–H groups in total. The highest BCUT2D eigenvalue weighted by Gasteiger charge is 2.27. The van der Waals surface area contributed by atoms with Gasteiger partial charge in [-0.1, -0.05) is 18.2 Å². The zero-order valence-corrected chi connectivity index (χ0v) is 18.7. The van der Waals surface area contributed by atoms with Gasteiger partial charge in [-0.05, 0) is 63.2 Å². The molecule has 0 spiro atoms. The first-order chi connectivity index (χ1) is 14.2. The van der Waals surface area contributed by atoms with Gasteiger partial charge in [-0.25, -0.2) is 8.42 Å². The number of sulfonamides is 1. The summed E-state index contributed by atoms with van der Waals surface area (Å²) in [6.07, 6.45) is -0.696. The quantitative estimate of drug-likeness (QED) is 0.761. The fourth-order valence-corrected chi connectivity index (χ4v) is 4.77. The number of likely N-dealkylation sites (N-methyl/N-ethyl adjacent to an activating group) is 1. The second-order valence-electron chi connectivity index (χ2n) is 7.70. The maximum absolute atomic E-state index is 12.8. The molecule has 1 saturated heterocycles. The summed E-state index contributed by atoms with van der Waals surface area (Å²) in [7, 11) is -1.55. The molecular weight excluding hydrogens is 402 g/mol. The van der Waals surface area contributed by atoms with E-state index in [-0.39, 0.29) is 10.8 Å². The number of nitrogens with zero attached hydrogens (tertiary/aromatic N) is 2. The van der Waals surface area contributed by atoms with Crippen molar-refractivity contribution in [1.29, 1.82) is 0 Å². The lowest BCUT2D eigenvalue weighted by Gasteiger charge is -2.31. The van der Waals surface area contributed by atoms with Crippen LogP contribution >= 0.6 is 0 Å². The highest BCUT2D eigenvalue weighted by Crippen LogP contribution is 2.24. The monoisotopic (exact) mass is 431 g/mol. The SMILES string of the molecule is Cc1cccc(C)c1OC(C)C(=O)Nc1ccc(S(=O)(=O)N2CCN(C)CC2)cc1. The van der Waals surface area contributed by atoms with Crippen LogP contribution in [0.25, 0.3) is 0 Å². The Kier molecular flexibility index (Phi) is 6.80. The van der Waals surface area contributed by atoms with Crippen LogP contribution in [0.15, 0.2) is 47.4 Å². The number of amides is 1. The molecule has 1 aliphatic heterocycles. The van der Waals surface area contributed by atoms with Crippen molar-refractivity contribution in [1.82, 2.24) is 9.21 Å². The van der Waals surface area contributed by atoms with Gasteiger partial charge < -0.3 is 15.0 Å². The molecular formula is C22H29N3O4S. The number of carbonyl (C=O) groups is 1. The maximum Gasteiger partial charge on any atom is 0.265 e. The zero-order chi connectivity index (χ0) is 21.9. The Morgan fingerprint density at radius 2 is 1.57 bits per heavy atom. The molecule has 0 aromatic heterocycles. The summed E-state index contributed by atoms with van der Waals surface area (Å²) in [6.45, 7) is 7.94. The van der Waals surface area contributed by atoms with Crippen LogP contribution < -0.4 is 10.1 Å². The van der Waals surface area contributed by atoms with E-state index in [1.54, 1.807) is 19.1 Å². The van der Waals surface area contributed by atoms with Crippen molar-refractivity contribution in [2.24, 2.45) is 0 Å². The first-order valence-corrected chi connectivity index (χ1v) is 11.4. The number of hydrogen-bond acceptors (Lipinski definition) is 5. The van der Waals surface area contributed by atoms with Crippen LogP contribution in [0.3, 0.4) is 0 Å². The molecule has 1 amide bonds. The van der Waals surface area contributed by atoms with Gasteiger partial charge in [0, 0.05) is 31.9 Å². The van der Waals surface area contributed by atoms with E-state index in [1.165, 1.54) is 16.4 Å². The number of rotatable bonds is 6. The lowest BCUT2D eigenvalue weighted by Crippen LogP contribution is -2.46. The summed E-state index contributed by atoms with van der Waals surface area (Å²) >= 11 is 0. The Bertz CT molecular complexity index is 977. The maximum atomic E-state index is 12.8. The molecule has 1 unspecified atom stereocenters. The minimum Gasteiger partial charge on any atom is -0.480 e. The lowest BCUT2D eigenvalue weighted by atomic mass is 10.1. The average Bonchev–Trinajstić information content (AvgIpc) is 2.71. The van der Waals surface area contributed by atoms with Gasteiger partial charge in [0.1, 0.15) is 5.75 Å². The van der Waals surface area contributed by atoms with Crippen molar-refractivity contribution in [3.05, 3.63) is 53.6 Å². The van der Waals surface area contributed by atoms with Crippen LogP contribution in [0.4, 0.5) is 5.69 Å². The zero-order valence-electron chi connectivity index (χ0n) is 17.9. The van der Waals surface area contributed by atoms with E-state index in [9.17, 15) is 13.2 Å². The van der Waals surface area contributed by atoms with Crippen LogP contribution in [0.2, 0.25) is 0 Å². The molecule has 1 aliphatic rings. The number of aryl methyl sites for hydroxylation is 2. The van der Waals surface area contributed by atoms with Gasteiger partial charge in [-0.15, -0.1) is 0 Å². The van der Waals surface area contributed by atoms with Crippen LogP contribution in [0.5, 0.6) is 5.75 Å². The Morgan fingerprint density at radius 1 is 1.00 bits per heavy atom. The van der Waals surface area contributed by atoms with Crippen molar-refractivity contribution < 1.29 is 17.9 Å². The minimum absolute atomic E-state index is 0.227. The molecule has 8 heteroatoms. The number of benzene rings is 2. The molecule has 7 nitrogen and oxygen atoms in total. The number of para-hydroxylation sites is 1. The Morgan fingerprint density at radius 3 is 2.13 bits per heavy atom. The number of ether oxygens (including phenoxy) is 1. The van der Waals surface area contributed by atoms with E-state index in [1.807, 2.05) is 39.1 Å². The standard InChI is InChI=1S/C22H29N3O4S/c1-16-6-5-7-17(2)21(16)29-18(3)22(26)23-19-8-10-20(11-9-19)30(27,28)25-14-12-24(4)13-15-25/h5-11,18H,12-15H2,1-4H3,(H,23,26). The van der Waals surface area contributed by atoms with Gasteiger partial charge >= 0.3 is 0 Å². The molecule has 0 bridgehead atoms. The molecule has 1 heterocycles. The molecule has 0 aliphatic carbocycles. The van der Waals surface area contributed by atoms with E-state index >= 15 is 0 Å². The third-order valence-electron chi connectivity index (χ3n) is 5.29. The van der Waals surface area contributed by atoms with Gasteiger partial charge in [-0.3, -0.25) is 4.79 Å². The first kappa shape index (κ1) is 22.3. The molecule has 0 saturated carbocycles. The normalized spacial score (nSPS) is 16.8. The van der Waals surface area contributed by atoms with E-state index in [4.69, 9.17) is 4.74 Å². The van der Waals surface area contributed by atoms with Gasteiger partial charge in [0.25, 0.3) is 5.91 Å².